The highest BCUT2D eigenvalue weighted by molar-refractivity contribution is 6.30. The SMILES string of the molecule is Cn1cc(CN2CCC(N3CCNC(=O)CC3)CC2)c(-c2cccc(Cl)c2)n1. The molecule has 0 saturated carbocycles. The number of benzene rings is 1. The first kappa shape index (κ1) is 19.4. The summed E-state index contributed by atoms with van der Waals surface area (Å²) < 4.78 is 1.89. The highest BCUT2D eigenvalue weighted by Crippen LogP contribution is 2.27. The molecule has 150 valence electrons. The van der Waals surface area contributed by atoms with Gasteiger partial charge in [-0.3, -0.25) is 19.3 Å². The molecule has 7 heteroatoms. The van der Waals surface area contributed by atoms with Gasteiger partial charge in [0.15, 0.2) is 0 Å². The van der Waals surface area contributed by atoms with Crippen LogP contribution in [-0.2, 0) is 18.4 Å². The molecule has 0 bridgehead atoms. The number of hydrogen-bond donors (Lipinski definition) is 1. The smallest absolute Gasteiger partial charge is 0.221 e. The lowest BCUT2D eigenvalue weighted by Gasteiger charge is -2.37. The molecule has 6 nitrogen and oxygen atoms in total. The van der Waals surface area contributed by atoms with Crippen molar-refractivity contribution in [1.29, 1.82) is 0 Å². The molecule has 28 heavy (non-hydrogen) atoms. The summed E-state index contributed by atoms with van der Waals surface area (Å²) in [6.07, 6.45) is 5.05. The first-order chi connectivity index (χ1) is 13.6. The van der Waals surface area contributed by atoms with Crippen LogP contribution < -0.4 is 5.32 Å². The monoisotopic (exact) mass is 401 g/mol. The van der Waals surface area contributed by atoms with E-state index >= 15 is 0 Å². The van der Waals surface area contributed by atoms with Gasteiger partial charge in [-0.15, -0.1) is 0 Å². The molecular weight excluding hydrogens is 374 g/mol. The maximum Gasteiger partial charge on any atom is 0.221 e. The number of amides is 1. The number of nitrogens with zero attached hydrogens (tertiary/aromatic N) is 4. The minimum Gasteiger partial charge on any atom is -0.355 e. The Kier molecular flexibility index (Phi) is 5.99. The molecule has 0 atom stereocenters. The summed E-state index contributed by atoms with van der Waals surface area (Å²) in [5, 5.41) is 8.39. The third-order valence-electron chi connectivity index (χ3n) is 5.82. The molecule has 2 aliphatic rings. The maximum atomic E-state index is 11.6. The normalized spacial score (nSPS) is 20.1. The van der Waals surface area contributed by atoms with Gasteiger partial charge in [-0.2, -0.15) is 5.10 Å². The number of halogens is 1. The van der Waals surface area contributed by atoms with Crippen molar-refractivity contribution in [3.8, 4) is 11.3 Å². The summed E-state index contributed by atoms with van der Waals surface area (Å²) in [7, 11) is 1.97. The van der Waals surface area contributed by atoms with Crippen molar-refractivity contribution in [3.63, 3.8) is 0 Å². The minimum absolute atomic E-state index is 0.185. The van der Waals surface area contributed by atoms with Crippen LogP contribution in [0.2, 0.25) is 5.02 Å². The Hall–Kier alpha value is -1.89. The predicted molar refractivity (Wildman–Crippen MR) is 111 cm³/mol. The maximum absolute atomic E-state index is 11.6. The van der Waals surface area contributed by atoms with Crippen molar-refractivity contribution in [2.75, 3.05) is 32.7 Å². The Morgan fingerprint density at radius 2 is 2.04 bits per heavy atom. The fourth-order valence-electron chi connectivity index (χ4n) is 4.37. The molecule has 1 aromatic carbocycles. The average molecular weight is 402 g/mol. The van der Waals surface area contributed by atoms with E-state index in [2.05, 4.69) is 32.5 Å². The Morgan fingerprint density at radius 1 is 1.21 bits per heavy atom. The third-order valence-corrected chi connectivity index (χ3v) is 6.05. The second-order valence-electron chi connectivity index (χ2n) is 7.83. The second-order valence-corrected chi connectivity index (χ2v) is 8.27. The standard InChI is InChI=1S/C21H28ClN5O/c1-25-14-17(21(24-25)16-3-2-4-18(22)13-16)15-26-9-5-19(6-10-26)27-11-7-20(28)23-8-12-27/h2-4,13-14,19H,5-12,15H2,1H3,(H,23,28). The van der Waals surface area contributed by atoms with Crippen LogP contribution in [0.25, 0.3) is 11.3 Å². The van der Waals surface area contributed by atoms with E-state index in [4.69, 9.17) is 11.6 Å². The quantitative estimate of drug-likeness (QED) is 0.855. The van der Waals surface area contributed by atoms with Crippen LogP contribution in [0.4, 0.5) is 0 Å². The van der Waals surface area contributed by atoms with Gasteiger partial charge in [0.1, 0.15) is 0 Å². The van der Waals surface area contributed by atoms with Gasteiger partial charge in [0.05, 0.1) is 5.69 Å². The zero-order valence-corrected chi connectivity index (χ0v) is 17.2. The van der Waals surface area contributed by atoms with Crippen LogP contribution in [0, 0.1) is 0 Å². The number of piperidine rings is 1. The predicted octanol–water partition coefficient (Wildman–Crippen LogP) is 2.53. The average Bonchev–Trinajstić information content (AvgIpc) is 2.90. The highest BCUT2D eigenvalue weighted by Gasteiger charge is 2.26. The molecule has 0 spiro atoms. The summed E-state index contributed by atoms with van der Waals surface area (Å²) >= 11 is 6.18. The molecule has 1 N–H and O–H groups in total. The minimum atomic E-state index is 0.185. The van der Waals surface area contributed by atoms with Gasteiger partial charge in [-0.25, -0.2) is 0 Å². The third kappa shape index (κ3) is 4.57. The number of nitrogens with one attached hydrogen (secondary N) is 1. The first-order valence-electron chi connectivity index (χ1n) is 10.1. The number of rotatable bonds is 4. The summed E-state index contributed by atoms with van der Waals surface area (Å²) in [4.78, 5) is 16.6. The Morgan fingerprint density at radius 3 is 2.82 bits per heavy atom. The van der Waals surface area contributed by atoms with Crippen molar-refractivity contribution >= 4 is 17.5 Å². The fourth-order valence-corrected chi connectivity index (χ4v) is 4.56. The van der Waals surface area contributed by atoms with Crippen molar-refractivity contribution in [2.45, 2.75) is 31.8 Å². The molecule has 1 amide bonds. The lowest BCUT2D eigenvalue weighted by atomic mass is 10.0. The van der Waals surface area contributed by atoms with Gasteiger partial charge >= 0.3 is 0 Å². The largest absolute Gasteiger partial charge is 0.355 e. The van der Waals surface area contributed by atoms with E-state index in [1.165, 1.54) is 5.56 Å². The number of aryl methyl sites for hydroxylation is 1. The van der Waals surface area contributed by atoms with Gasteiger partial charge in [0.2, 0.25) is 5.91 Å². The second kappa shape index (κ2) is 8.64. The van der Waals surface area contributed by atoms with Crippen molar-refractivity contribution in [1.82, 2.24) is 24.9 Å². The topological polar surface area (TPSA) is 53.4 Å². The van der Waals surface area contributed by atoms with Gasteiger partial charge in [-0.05, 0) is 38.1 Å². The first-order valence-corrected chi connectivity index (χ1v) is 10.5. The fraction of sp³-hybridized carbons (Fsp3) is 0.524. The van der Waals surface area contributed by atoms with E-state index in [-0.39, 0.29) is 5.91 Å². The van der Waals surface area contributed by atoms with E-state index in [0.29, 0.717) is 12.5 Å². The van der Waals surface area contributed by atoms with Crippen molar-refractivity contribution < 1.29 is 4.79 Å². The molecular formula is C21H28ClN5O. The van der Waals surface area contributed by atoms with Gasteiger partial charge in [-0.1, -0.05) is 23.7 Å². The zero-order valence-electron chi connectivity index (χ0n) is 16.4. The summed E-state index contributed by atoms with van der Waals surface area (Å²) in [6.45, 7) is 5.69. The summed E-state index contributed by atoms with van der Waals surface area (Å²) in [5.74, 6) is 0.185. The number of hydrogen-bond acceptors (Lipinski definition) is 4. The summed E-state index contributed by atoms with van der Waals surface area (Å²) in [5.41, 5.74) is 3.33. The molecule has 4 rings (SSSR count). The zero-order chi connectivity index (χ0) is 19.5. The molecule has 2 aromatic rings. The van der Waals surface area contributed by atoms with Gasteiger partial charge in [0.25, 0.3) is 0 Å². The highest BCUT2D eigenvalue weighted by atomic mass is 35.5. The van der Waals surface area contributed by atoms with Gasteiger partial charge in [0, 0.05) is 68.0 Å². The molecule has 0 radical (unpaired) electrons. The number of carbonyl (C=O) groups is 1. The summed E-state index contributed by atoms with van der Waals surface area (Å²) in [6, 6.07) is 8.50. The molecule has 0 unspecified atom stereocenters. The van der Waals surface area contributed by atoms with E-state index in [1.54, 1.807) is 0 Å². The van der Waals surface area contributed by atoms with Crippen LogP contribution in [0.15, 0.2) is 30.5 Å². The Bertz CT molecular complexity index is 828. The van der Waals surface area contributed by atoms with E-state index in [1.807, 2.05) is 29.9 Å². The lowest BCUT2D eigenvalue weighted by Crippen LogP contribution is -2.45. The number of aromatic nitrogens is 2. The molecule has 1 aromatic heterocycles. The Balaban J connectivity index is 1.38. The van der Waals surface area contributed by atoms with E-state index in [9.17, 15) is 4.79 Å². The number of likely N-dealkylation sites (tertiary alicyclic amines) is 1. The molecule has 2 aliphatic heterocycles. The van der Waals surface area contributed by atoms with Crippen molar-refractivity contribution in [2.24, 2.45) is 7.05 Å². The molecule has 2 saturated heterocycles. The molecule has 0 aliphatic carbocycles. The van der Waals surface area contributed by atoms with Crippen LogP contribution >= 0.6 is 11.6 Å². The van der Waals surface area contributed by atoms with Crippen molar-refractivity contribution in [3.05, 3.63) is 41.0 Å². The number of carbonyl (C=O) groups excluding carboxylic acids is 1. The van der Waals surface area contributed by atoms with E-state index in [0.717, 1.165) is 68.4 Å². The molecule has 3 heterocycles. The lowest BCUT2D eigenvalue weighted by molar-refractivity contribution is -0.120. The molecule has 2 fully saturated rings. The van der Waals surface area contributed by atoms with Crippen LogP contribution in [0.1, 0.15) is 24.8 Å². The van der Waals surface area contributed by atoms with Crippen LogP contribution in [0.3, 0.4) is 0 Å². The van der Waals surface area contributed by atoms with Gasteiger partial charge < -0.3 is 5.32 Å². The van der Waals surface area contributed by atoms with Crippen LogP contribution in [-0.4, -0.2) is 64.3 Å². The Labute approximate surface area is 171 Å². The van der Waals surface area contributed by atoms with E-state index < -0.39 is 0 Å². The van der Waals surface area contributed by atoms with Crippen LogP contribution in [0.5, 0.6) is 0 Å².